The van der Waals surface area contributed by atoms with E-state index in [4.69, 9.17) is 0 Å². The summed E-state index contributed by atoms with van der Waals surface area (Å²) in [5, 5.41) is 3.55. The van der Waals surface area contributed by atoms with Gasteiger partial charge in [0.05, 0.1) is 5.69 Å². The van der Waals surface area contributed by atoms with Gasteiger partial charge < -0.3 is 5.32 Å². The van der Waals surface area contributed by atoms with Gasteiger partial charge in [-0.25, -0.2) is 0 Å². The van der Waals surface area contributed by atoms with Crippen molar-refractivity contribution in [3.05, 3.63) is 65.0 Å². The average Bonchev–Trinajstić information content (AvgIpc) is 2.45. The Balaban J connectivity index is 2.01. The molecule has 0 spiro atoms. The summed E-state index contributed by atoms with van der Waals surface area (Å²) in [6, 6.07) is 13.3. The third-order valence-corrected chi connectivity index (χ3v) is 3.97. The van der Waals surface area contributed by atoms with E-state index in [2.05, 4.69) is 75.3 Å². The number of nitrogens with zero attached hydrogens (tertiary/aromatic N) is 1. The normalized spacial score (nSPS) is 13.2. The van der Waals surface area contributed by atoms with Crippen molar-refractivity contribution in [1.82, 2.24) is 10.3 Å². The molecule has 1 N–H and O–H groups in total. The van der Waals surface area contributed by atoms with Gasteiger partial charge in [-0.05, 0) is 42.0 Å². The predicted octanol–water partition coefficient (Wildman–Crippen LogP) is 4.54. The molecule has 0 bridgehead atoms. The molecule has 1 aromatic carbocycles. The zero-order chi connectivity index (χ0) is 15.5. The van der Waals surface area contributed by atoms with Gasteiger partial charge in [0.2, 0.25) is 0 Å². The second-order valence-electron chi connectivity index (χ2n) is 6.74. The Labute approximate surface area is 128 Å². The lowest BCUT2D eigenvalue weighted by molar-refractivity contribution is 0.562. The highest BCUT2D eigenvalue weighted by Gasteiger charge is 2.14. The van der Waals surface area contributed by atoms with Crippen molar-refractivity contribution in [2.75, 3.05) is 0 Å². The van der Waals surface area contributed by atoms with Gasteiger partial charge in [0.1, 0.15) is 0 Å². The van der Waals surface area contributed by atoms with Crippen LogP contribution in [0.5, 0.6) is 0 Å². The van der Waals surface area contributed by atoms with E-state index in [1.807, 2.05) is 12.3 Å². The summed E-state index contributed by atoms with van der Waals surface area (Å²) in [5.74, 6) is 0. The van der Waals surface area contributed by atoms with Gasteiger partial charge >= 0.3 is 0 Å². The summed E-state index contributed by atoms with van der Waals surface area (Å²) in [4.78, 5) is 4.43. The monoisotopic (exact) mass is 282 g/mol. The molecule has 0 saturated heterocycles. The van der Waals surface area contributed by atoms with E-state index in [1.165, 1.54) is 16.7 Å². The predicted molar refractivity (Wildman–Crippen MR) is 89.4 cm³/mol. The molecule has 1 heterocycles. The van der Waals surface area contributed by atoms with E-state index < -0.39 is 0 Å². The molecule has 0 aliphatic carbocycles. The van der Waals surface area contributed by atoms with E-state index in [0.717, 1.165) is 12.2 Å². The van der Waals surface area contributed by atoms with Gasteiger partial charge in [0.25, 0.3) is 0 Å². The van der Waals surface area contributed by atoms with E-state index in [0.29, 0.717) is 6.04 Å². The first-order valence-electron chi connectivity index (χ1n) is 7.62. The standard InChI is InChI=1S/C19H26N2/c1-14-7-6-12-20-18(14)13-21-15(2)16-8-10-17(11-9-16)19(3,4)5/h6-12,15,21H,13H2,1-5H3. The van der Waals surface area contributed by atoms with Gasteiger partial charge in [-0.1, -0.05) is 51.1 Å². The summed E-state index contributed by atoms with van der Waals surface area (Å²) in [5.41, 5.74) is 5.26. The van der Waals surface area contributed by atoms with Crippen molar-refractivity contribution in [1.29, 1.82) is 0 Å². The van der Waals surface area contributed by atoms with Crippen LogP contribution in [0.2, 0.25) is 0 Å². The first kappa shape index (κ1) is 15.7. The van der Waals surface area contributed by atoms with Crippen molar-refractivity contribution in [3.63, 3.8) is 0 Å². The van der Waals surface area contributed by atoms with Crippen LogP contribution in [0.4, 0.5) is 0 Å². The van der Waals surface area contributed by atoms with Crippen LogP contribution < -0.4 is 5.32 Å². The molecule has 1 unspecified atom stereocenters. The lowest BCUT2D eigenvalue weighted by Gasteiger charge is -2.21. The molecule has 0 fully saturated rings. The van der Waals surface area contributed by atoms with E-state index >= 15 is 0 Å². The summed E-state index contributed by atoms with van der Waals surface area (Å²) in [6.07, 6.45) is 1.85. The Bertz CT molecular complexity index is 579. The second-order valence-corrected chi connectivity index (χ2v) is 6.74. The van der Waals surface area contributed by atoms with Gasteiger partial charge in [-0.15, -0.1) is 0 Å². The topological polar surface area (TPSA) is 24.9 Å². The van der Waals surface area contributed by atoms with E-state index in [-0.39, 0.29) is 5.41 Å². The quantitative estimate of drug-likeness (QED) is 0.890. The van der Waals surface area contributed by atoms with Crippen LogP contribution >= 0.6 is 0 Å². The molecule has 0 saturated carbocycles. The van der Waals surface area contributed by atoms with Gasteiger partial charge in [-0.2, -0.15) is 0 Å². The van der Waals surface area contributed by atoms with Crippen molar-refractivity contribution in [2.45, 2.75) is 52.6 Å². The van der Waals surface area contributed by atoms with Crippen LogP contribution in [0.3, 0.4) is 0 Å². The van der Waals surface area contributed by atoms with Crippen molar-refractivity contribution >= 4 is 0 Å². The van der Waals surface area contributed by atoms with Crippen LogP contribution in [0.25, 0.3) is 0 Å². The van der Waals surface area contributed by atoms with Gasteiger partial charge in [-0.3, -0.25) is 4.98 Å². The molecule has 2 rings (SSSR count). The number of benzene rings is 1. The zero-order valence-corrected chi connectivity index (χ0v) is 13.8. The molecule has 2 aromatic rings. The molecule has 2 heteroatoms. The summed E-state index contributed by atoms with van der Waals surface area (Å²) in [6.45, 7) is 11.8. The summed E-state index contributed by atoms with van der Waals surface area (Å²) in [7, 11) is 0. The molecule has 2 nitrogen and oxygen atoms in total. The number of aryl methyl sites for hydroxylation is 1. The first-order chi connectivity index (χ1) is 9.88. The maximum absolute atomic E-state index is 4.43. The van der Waals surface area contributed by atoms with E-state index in [9.17, 15) is 0 Å². The smallest absolute Gasteiger partial charge is 0.0570 e. The van der Waals surface area contributed by atoms with Gasteiger partial charge in [0.15, 0.2) is 0 Å². The Hall–Kier alpha value is -1.67. The third kappa shape index (κ3) is 4.15. The lowest BCUT2D eigenvalue weighted by Crippen LogP contribution is -2.19. The minimum absolute atomic E-state index is 0.209. The Morgan fingerprint density at radius 2 is 1.76 bits per heavy atom. The number of hydrogen-bond donors (Lipinski definition) is 1. The van der Waals surface area contributed by atoms with Crippen LogP contribution in [0, 0.1) is 6.92 Å². The van der Waals surface area contributed by atoms with Crippen LogP contribution in [0.1, 0.15) is 56.1 Å². The molecular formula is C19H26N2. The zero-order valence-electron chi connectivity index (χ0n) is 13.8. The first-order valence-corrected chi connectivity index (χ1v) is 7.62. The third-order valence-electron chi connectivity index (χ3n) is 3.97. The van der Waals surface area contributed by atoms with Crippen molar-refractivity contribution in [3.8, 4) is 0 Å². The summed E-state index contributed by atoms with van der Waals surface area (Å²) >= 11 is 0. The molecule has 1 aromatic heterocycles. The van der Waals surface area contributed by atoms with E-state index in [1.54, 1.807) is 0 Å². The fourth-order valence-electron chi connectivity index (χ4n) is 2.34. The Kier molecular flexibility index (Phi) is 4.79. The number of hydrogen-bond acceptors (Lipinski definition) is 2. The number of rotatable bonds is 4. The van der Waals surface area contributed by atoms with Gasteiger partial charge in [0, 0.05) is 18.8 Å². The molecule has 0 aliphatic rings. The Morgan fingerprint density at radius 1 is 1.10 bits per heavy atom. The van der Waals surface area contributed by atoms with Crippen LogP contribution in [-0.4, -0.2) is 4.98 Å². The molecule has 1 atom stereocenters. The highest BCUT2D eigenvalue weighted by atomic mass is 14.9. The number of aromatic nitrogens is 1. The molecule has 21 heavy (non-hydrogen) atoms. The molecular weight excluding hydrogens is 256 g/mol. The maximum atomic E-state index is 4.43. The maximum Gasteiger partial charge on any atom is 0.0570 e. The fraction of sp³-hybridized carbons (Fsp3) is 0.421. The highest BCUT2D eigenvalue weighted by molar-refractivity contribution is 5.29. The fourth-order valence-corrected chi connectivity index (χ4v) is 2.34. The van der Waals surface area contributed by atoms with Crippen LogP contribution in [0.15, 0.2) is 42.6 Å². The van der Waals surface area contributed by atoms with Crippen LogP contribution in [-0.2, 0) is 12.0 Å². The Morgan fingerprint density at radius 3 is 2.33 bits per heavy atom. The average molecular weight is 282 g/mol. The molecule has 0 aliphatic heterocycles. The molecule has 112 valence electrons. The summed E-state index contributed by atoms with van der Waals surface area (Å²) < 4.78 is 0. The second kappa shape index (κ2) is 6.40. The van der Waals surface area contributed by atoms with Crippen molar-refractivity contribution < 1.29 is 0 Å². The minimum Gasteiger partial charge on any atom is -0.305 e. The minimum atomic E-state index is 0.209. The largest absolute Gasteiger partial charge is 0.305 e. The SMILES string of the molecule is Cc1cccnc1CNC(C)c1ccc(C(C)(C)C)cc1. The highest BCUT2D eigenvalue weighted by Crippen LogP contribution is 2.24. The van der Waals surface area contributed by atoms with Crippen molar-refractivity contribution in [2.24, 2.45) is 0 Å². The lowest BCUT2D eigenvalue weighted by atomic mass is 9.86. The number of pyridine rings is 1. The molecule has 0 amide bonds. The molecule has 0 radical (unpaired) electrons. The number of nitrogens with one attached hydrogen (secondary N) is 1.